The number of anilines is 3. The number of para-hydroxylation sites is 2. The zero-order valence-corrected chi connectivity index (χ0v) is 14.3. The Hall–Kier alpha value is -3.21. The summed E-state index contributed by atoms with van der Waals surface area (Å²) in [7, 11) is 1.90. The van der Waals surface area contributed by atoms with E-state index >= 15 is 0 Å². The van der Waals surface area contributed by atoms with Gasteiger partial charge in [-0.1, -0.05) is 36.4 Å². The van der Waals surface area contributed by atoms with Crippen LogP contribution in [0, 0.1) is 0 Å². The fourth-order valence-electron chi connectivity index (χ4n) is 2.58. The molecule has 0 unspecified atom stereocenters. The molecule has 1 heterocycles. The van der Waals surface area contributed by atoms with Gasteiger partial charge in [0.1, 0.15) is 0 Å². The lowest BCUT2D eigenvalue weighted by Crippen LogP contribution is -2.30. The zero-order chi connectivity index (χ0) is 17.6. The highest BCUT2D eigenvalue weighted by molar-refractivity contribution is 6.05. The van der Waals surface area contributed by atoms with Crippen LogP contribution in [0.5, 0.6) is 0 Å². The maximum Gasteiger partial charge on any atom is 0.261 e. The molecule has 0 spiro atoms. The molecule has 1 aromatic heterocycles. The Bertz CT molecular complexity index is 819. The minimum atomic E-state index is -0.109. The van der Waals surface area contributed by atoms with E-state index < -0.39 is 0 Å². The number of nitrogens with zero attached hydrogens (tertiary/aromatic N) is 4. The predicted molar refractivity (Wildman–Crippen MR) is 100 cm³/mol. The van der Waals surface area contributed by atoms with Crippen LogP contribution < -0.4 is 9.80 Å². The number of amides is 1. The normalized spacial score (nSPS) is 10.3. The third-order valence-electron chi connectivity index (χ3n) is 3.96. The van der Waals surface area contributed by atoms with E-state index in [4.69, 9.17) is 0 Å². The molecular weight excluding hydrogens is 312 g/mol. The van der Waals surface area contributed by atoms with E-state index in [1.54, 1.807) is 17.3 Å². The van der Waals surface area contributed by atoms with Crippen molar-refractivity contribution >= 4 is 23.2 Å². The molecule has 0 radical (unpaired) electrons. The first-order chi connectivity index (χ1) is 12.2. The van der Waals surface area contributed by atoms with Gasteiger partial charge in [0.15, 0.2) is 0 Å². The SMILES string of the molecule is CCN(C(=O)c1cnc(N(C)c2ccccc2)nc1)c1ccccc1. The van der Waals surface area contributed by atoms with Crippen LogP contribution in [0.25, 0.3) is 0 Å². The van der Waals surface area contributed by atoms with Gasteiger partial charge in [-0.2, -0.15) is 0 Å². The molecule has 0 aliphatic carbocycles. The van der Waals surface area contributed by atoms with Gasteiger partial charge in [0.05, 0.1) is 5.56 Å². The van der Waals surface area contributed by atoms with Crippen LogP contribution in [-0.4, -0.2) is 29.5 Å². The molecule has 0 fully saturated rings. The molecule has 1 amide bonds. The number of carbonyl (C=O) groups is 1. The maximum absolute atomic E-state index is 12.8. The van der Waals surface area contributed by atoms with Crippen molar-refractivity contribution in [1.82, 2.24) is 9.97 Å². The first-order valence-corrected chi connectivity index (χ1v) is 8.18. The van der Waals surface area contributed by atoms with Gasteiger partial charge in [-0.05, 0) is 31.2 Å². The Morgan fingerprint density at radius 2 is 1.40 bits per heavy atom. The molecule has 3 aromatic rings. The monoisotopic (exact) mass is 332 g/mol. The van der Waals surface area contributed by atoms with Crippen LogP contribution in [0.1, 0.15) is 17.3 Å². The molecule has 5 nitrogen and oxygen atoms in total. The van der Waals surface area contributed by atoms with E-state index in [2.05, 4.69) is 9.97 Å². The highest BCUT2D eigenvalue weighted by atomic mass is 16.2. The Morgan fingerprint density at radius 1 is 0.880 bits per heavy atom. The smallest absolute Gasteiger partial charge is 0.261 e. The Labute approximate surface area is 147 Å². The van der Waals surface area contributed by atoms with Gasteiger partial charge >= 0.3 is 0 Å². The summed E-state index contributed by atoms with van der Waals surface area (Å²) in [5.74, 6) is 0.438. The van der Waals surface area contributed by atoms with Crippen molar-refractivity contribution in [3.63, 3.8) is 0 Å². The molecule has 0 bridgehead atoms. The highest BCUT2D eigenvalue weighted by Crippen LogP contribution is 2.20. The van der Waals surface area contributed by atoms with Crippen LogP contribution in [-0.2, 0) is 0 Å². The Kier molecular flexibility index (Phi) is 5.04. The van der Waals surface area contributed by atoms with Gasteiger partial charge in [-0.25, -0.2) is 9.97 Å². The number of rotatable bonds is 5. The fourth-order valence-corrected chi connectivity index (χ4v) is 2.58. The summed E-state index contributed by atoms with van der Waals surface area (Å²) in [6.07, 6.45) is 3.16. The minimum absolute atomic E-state index is 0.109. The summed E-state index contributed by atoms with van der Waals surface area (Å²) in [5, 5.41) is 0. The lowest BCUT2D eigenvalue weighted by Gasteiger charge is -2.21. The van der Waals surface area contributed by atoms with Crippen molar-refractivity contribution in [2.45, 2.75) is 6.92 Å². The second-order valence-corrected chi connectivity index (χ2v) is 5.55. The number of benzene rings is 2. The topological polar surface area (TPSA) is 49.3 Å². The number of aromatic nitrogens is 2. The number of carbonyl (C=O) groups excluding carboxylic acids is 1. The summed E-state index contributed by atoms with van der Waals surface area (Å²) < 4.78 is 0. The predicted octanol–water partition coefficient (Wildman–Crippen LogP) is 3.91. The van der Waals surface area contributed by atoms with Gasteiger partial charge in [-0.3, -0.25) is 4.79 Å². The van der Waals surface area contributed by atoms with Gasteiger partial charge < -0.3 is 9.80 Å². The van der Waals surface area contributed by atoms with Crippen LogP contribution in [0.4, 0.5) is 17.3 Å². The largest absolute Gasteiger partial charge is 0.314 e. The summed E-state index contributed by atoms with van der Waals surface area (Å²) >= 11 is 0. The zero-order valence-electron chi connectivity index (χ0n) is 14.3. The van der Waals surface area contributed by atoms with Crippen molar-refractivity contribution in [3.05, 3.63) is 78.6 Å². The average Bonchev–Trinajstić information content (AvgIpc) is 2.69. The minimum Gasteiger partial charge on any atom is -0.314 e. The van der Waals surface area contributed by atoms with Crippen molar-refractivity contribution in [1.29, 1.82) is 0 Å². The van der Waals surface area contributed by atoms with E-state index in [0.717, 1.165) is 11.4 Å². The van der Waals surface area contributed by atoms with E-state index in [1.807, 2.05) is 79.5 Å². The molecule has 3 rings (SSSR count). The molecule has 0 aliphatic rings. The molecule has 5 heteroatoms. The lowest BCUT2D eigenvalue weighted by molar-refractivity contribution is 0.0987. The summed E-state index contributed by atoms with van der Waals surface area (Å²) in [6.45, 7) is 2.53. The first-order valence-electron chi connectivity index (χ1n) is 8.18. The summed E-state index contributed by atoms with van der Waals surface area (Å²) in [6, 6.07) is 19.4. The second-order valence-electron chi connectivity index (χ2n) is 5.55. The number of hydrogen-bond acceptors (Lipinski definition) is 4. The molecule has 0 saturated carbocycles. The van der Waals surface area contributed by atoms with Crippen LogP contribution in [0.3, 0.4) is 0 Å². The van der Waals surface area contributed by atoms with Crippen molar-refractivity contribution in [2.75, 3.05) is 23.4 Å². The van der Waals surface area contributed by atoms with Gasteiger partial charge in [-0.15, -0.1) is 0 Å². The molecule has 0 saturated heterocycles. The quantitative estimate of drug-likeness (QED) is 0.711. The van der Waals surface area contributed by atoms with Crippen molar-refractivity contribution in [3.8, 4) is 0 Å². The van der Waals surface area contributed by atoms with E-state index in [0.29, 0.717) is 18.1 Å². The standard InChI is InChI=1S/C20H20N4O/c1-3-24(18-12-8-5-9-13-18)19(25)16-14-21-20(22-15-16)23(2)17-10-6-4-7-11-17/h4-15H,3H2,1-2H3. The van der Waals surface area contributed by atoms with Gasteiger partial charge in [0.2, 0.25) is 5.95 Å². The maximum atomic E-state index is 12.8. The third kappa shape index (κ3) is 3.66. The molecule has 2 aromatic carbocycles. The van der Waals surface area contributed by atoms with Crippen molar-refractivity contribution < 1.29 is 4.79 Å². The molecule has 25 heavy (non-hydrogen) atoms. The third-order valence-corrected chi connectivity index (χ3v) is 3.96. The molecule has 126 valence electrons. The average molecular weight is 332 g/mol. The second kappa shape index (κ2) is 7.57. The molecule has 0 atom stereocenters. The van der Waals surface area contributed by atoms with E-state index in [1.165, 1.54) is 0 Å². The fraction of sp³-hybridized carbons (Fsp3) is 0.150. The van der Waals surface area contributed by atoms with Crippen LogP contribution in [0.15, 0.2) is 73.1 Å². The van der Waals surface area contributed by atoms with E-state index in [-0.39, 0.29) is 5.91 Å². The van der Waals surface area contributed by atoms with Crippen LogP contribution >= 0.6 is 0 Å². The molecule has 0 aliphatic heterocycles. The van der Waals surface area contributed by atoms with Gasteiger partial charge in [0, 0.05) is 37.4 Å². The Morgan fingerprint density at radius 3 is 1.92 bits per heavy atom. The van der Waals surface area contributed by atoms with E-state index in [9.17, 15) is 4.79 Å². The molecule has 0 N–H and O–H groups in total. The van der Waals surface area contributed by atoms with Gasteiger partial charge in [0.25, 0.3) is 5.91 Å². The summed E-state index contributed by atoms with van der Waals surface area (Å²) in [4.78, 5) is 25.1. The lowest BCUT2D eigenvalue weighted by atomic mass is 10.2. The first kappa shape index (κ1) is 16.6. The highest BCUT2D eigenvalue weighted by Gasteiger charge is 2.17. The molecular formula is C20H20N4O. The van der Waals surface area contributed by atoms with Crippen LogP contribution in [0.2, 0.25) is 0 Å². The summed E-state index contributed by atoms with van der Waals surface area (Å²) in [5.41, 5.74) is 2.32. The number of hydrogen-bond donors (Lipinski definition) is 0. The Balaban J connectivity index is 1.81. The van der Waals surface area contributed by atoms with Crippen molar-refractivity contribution in [2.24, 2.45) is 0 Å².